The van der Waals surface area contributed by atoms with Gasteiger partial charge in [0.25, 0.3) is 0 Å². The van der Waals surface area contributed by atoms with E-state index in [1.165, 1.54) is 0 Å². The van der Waals surface area contributed by atoms with Crippen LogP contribution < -0.4 is 0 Å². The fourth-order valence-corrected chi connectivity index (χ4v) is 2.41. The van der Waals surface area contributed by atoms with Gasteiger partial charge in [0.2, 0.25) is 5.78 Å². The summed E-state index contributed by atoms with van der Waals surface area (Å²) in [6.45, 7) is 4.32. The third kappa shape index (κ3) is 1.78. The number of halogens is 1. The molecule has 0 aromatic rings. The highest BCUT2D eigenvalue weighted by Gasteiger charge is 2.41. The molecule has 2 heterocycles. The lowest BCUT2D eigenvalue weighted by Crippen LogP contribution is -2.28. The Morgan fingerprint density at radius 3 is 2.73 bits per heavy atom. The predicted octanol–water partition coefficient (Wildman–Crippen LogP) is 2.37. The van der Waals surface area contributed by atoms with Gasteiger partial charge < -0.3 is 4.74 Å². The number of allylic oxidation sites excluding steroid dienone is 2. The average molecular weight is 270 g/mol. The topological polar surface area (TPSA) is 38.7 Å². The van der Waals surface area contributed by atoms with Gasteiger partial charge in [-0.05, 0) is 47.8 Å². The van der Waals surface area contributed by atoms with Gasteiger partial charge in [0.15, 0.2) is 5.60 Å². The Balaban J connectivity index is 2.35. The van der Waals surface area contributed by atoms with Crippen LogP contribution in [-0.2, 0) is 9.53 Å². The van der Waals surface area contributed by atoms with Crippen LogP contribution in [0.1, 0.15) is 20.3 Å². The Hall–Kier alpha value is -0.900. The minimum absolute atomic E-state index is 0.000845. The monoisotopic (exact) mass is 269 g/mol. The van der Waals surface area contributed by atoms with Crippen LogP contribution in [0.5, 0.6) is 0 Å². The molecule has 0 aromatic heterocycles. The van der Waals surface area contributed by atoms with Crippen molar-refractivity contribution in [1.29, 1.82) is 0 Å². The highest BCUT2D eigenvalue weighted by Crippen LogP contribution is 2.38. The normalized spacial score (nSPS) is 24.2. The number of rotatable bonds is 1. The zero-order chi connectivity index (χ0) is 11.1. The van der Waals surface area contributed by atoms with E-state index >= 15 is 0 Å². The van der Waals surface area contributed by atoms with Crippen molar-refractivity contribution in [3.05, 3.63) is 21.9 Å². The number of nitrogens with zero attached hydrogens (tertiary/aromatic N) is 1. The molecule has 15 heavy (non-hydrogen) atoms. The quantitative estimate of drug-likeness (QED) is 0.733. The molecule has 2 aliphatic heterocycles. The first-order chi connectivity index (χ1) is 7.02. The van der Waals surface area contributed by atoms with Crippen LogP contribution in [0, 0.1) is 0 Å². The van der Waals surface area contributed by atoms with E-state index in [4.69, 9.17) is 4.74 Å². The highest BCUT2D eigenvalue weighted by molar-refractivity contribution is 9.12. The van der Waals surface area contributed by atoms with Crippen molar-refractivity contribution in [2.75, 3.05) is 6.54 Å². The molecule has 80 valence electrons. The molecule has 0 spiro atoms. The lowest BCUT2D eigenvalue weighted by atomic mass is 10.1. The van der Waals surface area contributed by atoms with E-state index in [0.29, 0.717) is 10.2 Å². The summed E-state index contributed by atoms with van der Waals surface area (Å²) in [6, 6.07) is 0. The maximum atomic E-state index is 11.8. The van der Waals surface area contributed by atoms with E-state index in [0.717, 1.165) is 18.5 Å². The second kappa shape index (κ2) is 3.59. The fraction of sp³-hybridized carbons (Fsp3) is 0.455. The number of carbonyl (C=O) groups excluding carboxylic acids is 1. The summed E-state index contributed by atoms with van der Waals surface area (Å²) in [6.07, 6.45) is 4.48. The number of hydrogen-bond donors (Lipinski definition) is 0. The van der Waals surface area contributed by atoms with E-state index in [-0.39, 0.29) is 5.78 Å². The number of ketones is 1. The highest BCUT2D eigenvalue weighted by atomic mass is 79.9. The van der Waals surface area contributed by atoms with Crippen LogP contribution in [-0.4, -0.2) is 24.1 Å². The molecule has 0 unspecified atom stereocenters. The number of dihydropyridines is 1. The van der Waals surface area contributed by atoms with E-state index in [2.05, 4.69) is 20.9 Å². The molecule has 4 heteroatoms. The van der Waals surface area contributed by atoms with Gasteiger partial charge in [0.05, 0.1) is 0 Å². The second-order valence-electron chi connectivity index (χ2n) is 4.08. The molecule has 0 saturated carbocycles. The molecule has 0 bridgehead atoms. The van der Waals surface area contributed by atoms with E-state index in [1.54, 1.807) is 20.1 Å². The van der Waals surface area contributed by atoms with Crippen molar-refractivity contribution in [3.8, 4) is 0 Å². The summed E-state index contributed by atoms with van der Waals surface area (Å²) in [4.78, 5) is 15.9. The van der Waals surface area contributed by atoms with Gasteiger partial charge in [0, 0.05) is 12.8 Å². The molecular weight excluding hydrogens is 258 g/mol. The van der Waals surface area contributed by atoms with E-state index < -0.39 is 5.60 Å². The molecule has 0 aliphatic carbocycles. The third-order valence-corrected chi connectivity index (χ3v) is 3.21. The molecule has 0 fully saturated rings. The first-order valence-electron chi connectivity index (χ1n) is 4.85. The first-order valence-corrected chi connectivity index (χ1v) is 5.64. The van der Waals surface area contributed by atoms with Gasteiger partial charge in [-0.15, -0.1) is 0 Å². The Morgan fingerprint density at radius 2 is 2.27 bits per heavy atom. The Bertz CT molecular complexity index is 405. The Kier molecular flexibility index (Phi) is 2.54. The molecule has 3 nitrogen and oxygen atoms in total. The molecule has 2 rings (SSSR count). The molecule has 2 aliphatic rings. The minimum Gasteiger partial charge on any atom is -0.478 e. The predicted molar refractivity (Wildman–Crippen MR) is 62.2 cm³/mol. The van der Waals surface area contributed by atoms with Crippen molar-refractivity contribution < 1.29 is 9.53 Å². The minimum atomic E-state index is -0.746. The van der Waals surface area contributed by atoms with Gasteiger partial charge >= 0.3 is 0 Å². The molecule has 0 amide bonds. The summed E-state index contributed by atoms with van der Waals surface area (Å²) in [5, 5.41) is 0. The smallest absolute Gasteiger partial charge is 0.216 e. The van der Waals surface area contributed by atoms with Crippen LogP contribution in [0.2, 0.25) is 0 Å². The largest absolute Gasteiger partial charge is 0.478 e. The van der Waals surface area contributed by atoms with Crippen molar-refractivity contribution in [2.24, 2.45) is 4.99 Å². The van der Waals surface area contributed by atoms with Crippen molar-refractivity contribution in [1.82, 2.24) is 0 Å². The van der Waals surface area contributed by atoms with Crippen LogP contribution in [0.3, 0.4) is 0 Å². The fourth-order valence-electron chi connectivity index (χ4n) is 1.59. The lowest BCUT2D eigenvalue weighted by Gasteiger charge is -2.19. The number of hydrogen-bond acceptors (Lipinski definition) is 3. The van der Waals surface area contributed by atoms with Crippen LogP contribution in [0.15, 0.2) is 26.9 Å². The van der Waals surface area contributed by atoms with Crippen molar-refractivity contribution in [3.63, 3.8) is 0 Å². The van der Waals surface area contributed by atoms with Crippen LogP contribution in [0.4, 0.5) is 0 Å². The van der Waals surface area contributed by atoms with E-state index in [9.17, 15) is 4.79 Å². The third-order valence-electron chi connectivity index (χ3n) is 2.49. The molecule has 0 radical (unpaired) electrons. The second-order valence-corrected chi connectivity index (χ2v) is 4.87. The summed E-state index contributed by atoms with van der Waals surface area (Å²) >= 11 is 3.30. The SMILES string of the molecule is CC1(C)OC(C2=CC=NCC2)=C(Br)C1=O. The van der Waals surface area contributed by atoms with Gasteiger partial charge in [-0.1, -0.05) is 0 Å². The summed E-state index contributed by atoms with van der Waals surface area (Å²) in [5.74, 6) is 0.678. The average Bonchev–Trinajstić information content (AvgIpc) is 2.44. The molecule has 0 N–H and O–H groups in total. The number of ether oxygens (including phenoxy) is 1. The molecule has 0 aromatic carbocycles. The summed E-state index contributed by atoms with van der Waals surface area (Å²) in [5.41, 5.74) is 0.291. The summed E-state index contributed by atoms with van der Waals surface area (Å²) in [7, 11) is 0. The van der Waals surface area contributed by atoms with Gasteiger partial charge in [-0.3, -0.25) is 9.79 Å². The number of Topliss-reactive ketones (excluding diaryl/α,β-unsaturated/α-hetero) is 1. The molecular formula is C11H12BrNO2. The van der Waals surface area contributed by atoms with Gasteiger partial charge in [-0.2, -0.15) is 0 Å². The van der Waals surface area contributed by atoms with Gasteiger partial charge in [0.1, 0.15) is 10.2 Å². The number of aliphatic imine (C=N–C) groups is 1. The van der Waals surface area contributed by atoms with E-state index in [1.807, 2.05) is 6.08 Å². The zero-order valence-corrected chi connectivity index (χ0v) is 10.3. The van der Waals surface area contributed by atoms with Crippen molar-refractivity contribution >= 4 is 27.9 Å². The van der Waals surface area contributed by atoms with Crippen molar-refractivity contribution in [2.45, 2.75) is 25.9 Å². The molecule has 0 saturated heterocycles. The van der Waals surface area contributed by atoms with Gasteiger partial charge in [-0.25, -0.2) is 0 Å². The summed E-state index contributed by atoms with van der Waals surface area (Å²) < 4.78 is 6.22. The first kappa shape index (κ1) is 10.6. The zero-order valence-electron chi connectivity index (χ0n) is 8.71. The Labute approximate surface area is 97.0 Å². The standard InChI is InChI=1S/C11H12BrNO2/c1-11(2)10(14)8(12)9(15-11)7-3-5-13-6-4-7/h3,5H,4,6H2,1-2H3. The lowest BCUT2D eigenvalue weighted by molar-refractivity contribution is -0.126. The Morgan fingerprint density at radius 1 is 1.53 bits per heavy atom. The van der Waals surface area contributed by atoms with Crippen LogP contribution >= 0.6 is 15.9 Å². The molecule has 0 atom stereocenters. The maximum absolute atomic E-state index is 11.8. The maximum Gasteiger partial charge on any atom is 0.216 e. The number of carbonyl (C=O) groups is 1. The van der Waals surface area contributed by atoms with Crippen LogP contribution in [0.25, 0.3) is 0 Å².